The van der Waals surface area contributed by atoms with Crippen LogP contribution in [0.3, 0.4) is 0 Å². The fourth-order valence-electron chi connectivity index (χ4n) is 2.25. The van der Waals surface area contributed by atoms with Crippen LogP contribution in [0.5, 0.6) is 0 Å². The Kier molecular flexibility index (Phi) is 5.91. The molecule has 2 N–H and O–H groups in total. The van der Waals surface area contributed by atoms with Crippen LogP contribution in [0.2, 0.25) is 0 Å². The van der Waals surface area contributed by atoms with Crippen LogP contribution in [-0.4, -0.2) is 54.2 Å². The number of esters is 1. The van der Waals surface area contributed by atoms with Gasteiger partial charge in [0.15, 0.2) is 6.23 Å². The molecule has 1 aliphatic rings. The molecular formula is C14H16N4O7. The van der Waals surface area contributed by atoms with Crippen LogP contribution in [0.15, 0.2) is 11.0 Å². The lowest BCUT2D eigenvalue weighted by Gasteiger charge is -2.20. The molecule has 2 heterocycles. The van der Waals surface area contributed by atoms with Crippen molar-refractivity contribution in [2.75, 3.05) is 19.0 Å². The maximum atomic E-state index is 11.4. The first-order chi connectivity index (χ1) is 11.9. The van der Waals surface area contributed by atoms with Gasteiger partial charge in [0.05, 0.1) is 19.4 Å². The van der Waals surface area contributed by atoms with Gasteiger partial charge in [-0.15, -0.1) is 0 Å². The maximum Gasteiger partial charge on any atom is 0.508 e. The highest BCUT2D eigenvalue weighted by atomic mass is 16.7. The van der Waals surface area contributed by atoms with Gasteiger partial charge in [-0.3, -0.25) is 9.78 Å². The largest absolute Gasteiger partial charge is 0.508 e. The Morgan fingerprint density at radius 1 is 1.56 bits per heavy atom. The first kappa shape index (κ1) is 18.2. The lowest BCUT2D eigenvalue weighted by Crippen LogP contribution is -2.34. The van der Waals surface area contributed by atoms with Crippen molar-refractivity contribution in [3.63, 3.8) is 0 Å². The van der Waals surface area contributed by atoms with Gasteiger partial charge in [-0.05, 0) is 0 Å². The number of hydrogen-bond acceptors (Lipinski definition) is 10. The topological polar surface area (TPSA) is 153 Å². The van der Waals surface area contributed by atoms with Crippen molar-refractivity contribution in [2.24, 2.45) is 0 Å². The number of rotatable bonds is 5. The summed E-state index contributed by atoms with van der Waals surface area (Å²) in [6.07, 6.45) is -1.66. The third-order valence-corrected chi connectivity index (χ3v) is 3.26. The first-order valence-corrected chi connectivity index (χ1v) is 7.22. The molecule has 0 radical (unpaired) electrons. The number of aromatic amines is 1. The fourth-order valence-corrected chi connectivity index (χ4v) is 2.25. The van der Waals surface area contributed by atoms with E-state index < -0.39 is 36.3 Å². The van der Waals surface area contributed by atoms with Crippen LogP contribution in [0.1, 0.15) is 18.9 Å². The van der Waals surface area contributed by atoms with E-state index in [1.807, 2.05) is 6.07 Å². The molecule has 1 aromatic rings. The molecule has 11 nitrogen and oxygen atoms in total. The average Bonchev–Trinajstić information content (AvgIpc) is 2.93. The lowest BCUT2D eigenvalue weighted by molar-refractivity contribution is -0.148. The molecule has 0 saturated carbocycles. The van der Waals surface area contributed by atoms with Gasteiger partial charge in [0.25, 0.3) is 0 Å². The van der Waals surface area contributed by atoms with E-state index in [0.717, 1.165) is 6.20 Å². The molecule has 0 spiro atoms. The Hall–Kier alpha value is -3.13. The number of methoxy groups -OCH3 is 1. The zero-order valence-electron chi connectivity index (χ0n) is 13.5. The van der Waals surface area contributed by atoms with E-state index in [4.69, 9.17) is 19.5 Å². The number of nitrogens with one attached hydrogen (secondary N) is 2. The highest BCUT2D eigenvalue weighted by Gasteiger charge is 2.38. The van der Waals surface area contributed by atoms with Gasteiger partial charge in [-0.2, -0.15) is 5.26 Å². The number of carbonyl (C=O) groups is 2. The van der Waals surface area contributed by atoms with Crippen molar-refractivity contribution < 1.29 is 28.5 Å². The van der Waals surface area contributed by atoms with Crippen LogP contribution >= 0.6 is 0 Å². The lowest BCUT2D eigenvalue weighted by atomic mass is 10.2. The highest BCUT2D eigenvalue weighted by molar-refractivity contribution is 5.66. The second-order valence-electron chi connectivity index (χ2n) is 5.06. The molecule has 0 amide bonds. The van der Waals surface area contributed by atoms with Gasteiger partial charge in [0.2, 0.25) is 0 Å². The zero-order valence-corrected chi connectivity index (χ0v) is 13.5. The van der Waals surface area contributed by atoms with Crippen molar-refractivity contribution in [3.8, 4) is 6.07 Å². The van der Waals surface area contributed by atoms with Gasteiger partial charge in [-0.25, -0.2) is 14.6 Å². The van der Waals surface area contributed by atoms with Gasteiger partial charge in [-0.1, -0.05) is 0 Å². The van der Waals surface area contributed by atoms with Gasteiger partial charge in [0, 0.05) is 13.3 Å². The van der Waals surface area contributed by atoms with Crippen LogP contribution in [0, 0.1) is 11.3 Å². The summed E-state index contributed by atoms with van der Waals surface area (Å²) in [7, 11) is 1.17. The number of ether oxygens (including phenoxy) is 4. The molecule has 2 rings (SSSR count). The van der Waals surface area contributed by atoms with E-state index in [9.17, 15) is 14.4 Å². The zero-order chi connectivity index (χ0) is 18.4. The predicted molar refractivity (Wildman–Crippen MR) is 80.4 cm³/mol. The fraction of sp³-hybridized carbons (Fsp3) is 0.500. The van der Waals surface area contributed by atoms with Crippen molar-refractivity contribution in [3.05, 3.63) is 22.2 Å². The summed E-state index contributed by atoms with van der Waals surface area (Å²) >= 11 is 0. The number of aromatic nitrogens is 2. The molecule has 0 unspecified atom stereocenters. The molecule has 1 aliphatic heterocycles. The van der Waals surface area contributed by atoms with Gasteiger partial charge >= 0.3 is 17.8 Å². The molecule has 1 saturated heterocycles. The molecule has 134 valence electrons. The Morgan fingerprint density at radius 3 is 2.96 bits per heavy atom. The third-order valence-electron chi connectivity index (χ3n) is 3.26. The molecule has 3 atom stereocenters. The number of hydrogen-bond donors (Lipinski definition) is 2. The summed E-state index contributed by atoms with van der Waals surface area (Å²) < 4.78 is 20.0. The van der Waals surface area contributed by atoms with Crippen LogP contribution in [-0.2, 0) is 23.7 Å². The van der Waals surface area contributed by atoms with Crippen molar-refractivity contribution in [1.82, 2.24) is 9.97 Å². The van der Waals surface area contributed by atoms with E-state index in [0.29, 0.717) is 0 Å². The Morgan fingerprint density at radius 2 is 2.32 bits per heavy atom. The van der Waals surface area contributed by atoms with E-state index in [-0.39, 0.29) is 24.4 Å². The molecule has 0 bridgehead atoms. The van der Waals surface area contributed by atoms with Crippen molar-refractivity contribution >= 4 is 17.9 Å². The number of anilines is 1. The SMILES string of the molecule is COC(=O)OC[C@@H]1C[C@@H](OC(C)=O)[C@H](Nc2[nH]c(=O)ncc2C#N)O1. The minimum absolute atomic E-state index is 0.0824. The molecular weight excluding hydrogens is 336 g/mol. The van der Waals surface area contributed by atoms with E-state index in [2.05, 4.69) is 20.0 Å². The van der Waals surface area contributed by atoms with Crippen LogP contribution in [0.25, 0.3) is 0 Å². The molecule has 1 aromatic heterocycles. The monoisotopic (exact) mass is 352 g/mol. The van der Waals surface area contributed by atoms with Gasteiger partial charge < -0.3 is 24.3 Å². The predicted octanol–water partition coefficient (Wildman–Crippen LogP) is -0.117. The molecule has 0 aliphatic carbocycles. The normalized spacial score (nSPS) is 21.9. The number of carbonyl (C=O) groups excluding carboxylic acids is 2. The highest BCUT2D eigenvalue weighted by Crippen LogP contribution is 2.25. The van der Waals surface area contributed by atoms with Crippen molar-refractivity contribution in [1.29, 1.82) is 5.26 Å². The number of nitrogens with zero attached hydrogens (tertiary/aromatic N) is 2. The number of H-pyrrole nitrogens is 1. The molecule has 0 aromatic carbocycles. The van der Waals surface area contributed by atoms with Crippen LogP contribution in [0.4, 0.5) is 10.6 Å². The maximum absolute atomic E-state index is 11.4. The van der Waals surface area contributed by atoms with Crippen molar-refractivity contribution in [2.45, 2.75) is 31.8 Å². The second kappa shape index (κ2) is 8.11. The summed E-state index contributed by atoms with van der Waals surface area (Å²) in [5.74, 6) is -0.446. The first-order valence-electron chi connectivity index (χ1n) is 7.22. The molecule has 11 heteroatoms. The Bertz CT molecular complexity index is 741. The van der Waals surface area contributed by atoms with E-state index >= 15 is 0 Å². The summed E-state index contributed by atoms with van der Waals surface area (Å²) in [6, 6.07) is 1.87. The van der Waals surface area contributed by atoms with E-state index in [1.54, 1.807) is 0 Å². The summed E-state index contributed by atoms with van der Waals surface area (Å²) in [6.45, 7) is 1.13. The smallest absolute Gasteiger partial charge is 0.458 e. The summed E-state index contributed by atoms with van der Waals surface area (Å²) in [5, 5.41) is 11.9. The Labute approximate surface area is 141 Å². The van der Waals surface area contributed by atoms with E-state index in [1.165, 1.54) is 14.0 Å². The quantitative estimate of drug-likeness (QED) is 0.686. The molecule has 1 fully saturated rings. The van der Waals surface area contributed by atoms with Gasteiger partial charge in [0.1, 0.15) is 30.2 Å². The summed E-state index contributed by atoms with van der Waals surface area (Å²) in [4.78, 5) is 39.5. The molecule has 25 heavy (non-hydrogen) atoms. The standard InChI is InChI=1S/C14H16N4O7/c1-7(19)24-10-3-9(6-23-14(21)22-2)25-12(10)17-11-8(4-15)5-16-13(20)18-11/h5,9-10,12H,3,6H2,1-2H3,(H2,16,17,18,20)/t9-,10+,12+/m0/s1. The minimum Gasteiger partial charge on any atom is -0.458 e. The Balaban J connectivity index is 2.12. The van der Waals surface area contributed by atoms with Crippen LogP contribution < -0.4 is 11.0 Å². The second-order valence-corrected chi connectivity index (χ2v) is 5.06. The average molecular weight is 352 g/mol. The summed E-state index contributed by atoms with van der Waals surface area (Å²) in [5.41, 5.74) is -0.576. The third kappa shape index (κ3) is 4.92. The number of nitriles is 1. The minimum atomic E-state index is -0.866.